The summed E-state index contributed by atoms with van der Waals surface area (Å²) in [5, 5.41) is 7.38. The second-order valence-electron chi connectivity index (χ2n) is 6.55. The van der Waals surface area contributed by atoms with Crippen molar-refractivity contribution in [1.82, 2.24) is 9.78 Å². The Labute approximate surface area is 163 Å². The van der Waals surface area contributed by atoms with E-state index in [1.165, 1.54) is 12.1 Å². The molecular formula is C20H16F3N3OS. The molecule has 8 heteroatoms. The van der Waals surface area contributed by atoms with Crippen LogP contribution in [-0.4, -0.2) is 15.7 Å². The number of amides is 1. The molecule has 3 aromatic rings. The molecule has 1 aliphatic rings. The summed E-state index contributed by atoms with van der Waals surface area (Å²) in [6, 6.07) is 12.1. The number of carbonyl (C=O) groups is 1. The SMILES string of the molecule is Cc1ccc(-n2nc3c(c2NC(=O)c2cccc(C(F)(F)F)c2)CSC3)cc1. The number of halogens is 3. The Balaban J connectivity index is 1.70. The maximum absolute atomic E-state index is 13.0. The molecule has 28 heavy (non-hydrogen) atoms. The van der Waals surface area contributed by atoms with Gasteiger partial charge in [-0.1, -0.05) is 23.8 Å². The number of rotatable bonds is 3. The average molecular weight is 403 g/mol. The topological polar surface area (TPSA) is 46.9 Å². The molecule has 1 aliphatic heterocycles. The standard InChI is InChI=1S/C20H16F3N3OS/c1-12-5-7-15(8-6-12)26-18(16-10-28-11-17(16)25-26)24-19(27)13-3-2-4-14(9-13)20(21,22)23/h2-9H,10-11H2,1H3,(H,24,27). The van der Waals surface area contributed by atoms with Crippen molar-refractivity contribution >= 4 is 23.5 Å². The van der Waals surface area contributed by atoms with Gasteiger partial charge in [-0.25, -0.2) is 4.68 Å². The van der Waals surface area contributed by atoms with Gasteiger partial charge >= 0.3 is 6.18 Å². The molecular weight excluding hydrogens is 387 g/mol. The quantitative estimate of drug-likeness (QED) is 0.654. The number of alkyl halides is 3. The summed E-state index contributed by atoms with van der Waals surface area (Å²) in [5.41, 5.74) is 2.76. The van der Waals surface area contributed by atoms with Crippen molar-refractivity contribution in [3.63, 3.8) is 0 Å². The number of nitrogens with one attached hydrogen (secondary N) is 1. The highest BCUT2D eigenvalue weighted by atomic mass is 32.2. The van der Waals surface area contributed by atoms with E-state index in [2.05, 4.69) is 10.4 Å². The van der Waals surface area contributed by atoms with Crippen LogP contribution < -0.4 is 5.32 Å². The first kappa shape index (κ1) is 18.6. The summed E-state index contributed by atoms with van der Waals surface area (Å²) < 4.78 is 40.5. The van der Waals surface area contributed by atoms with Gasteiger partial charge in [0.2, 0.25) is 0 Å². The van der Waals surface area contributed by atoms with Crippen LogP contribution in [0.5, 0.6) is 0 Å². The molecule has 144 valence electrons. The van der Waals surface area contributed by atoms with Crippen LogP contribution in [0.25, 0.3) is 5.69 Å². The van der Waals surface area contributed by atoms with Crippen LogP contribution >= 0.6 is 11.8 Å². The van der Waals surface area contributed by atoms with Crippen molar-refractivity contribution in [3.8, 4) is 5.69 Å². The van der Waals surface area contributed by atoms with E-state index in [-0.39, 0.29) is 5.56 Å². The smallest absolute Gasteiger partial charge is 0.306 e. The molecule has 0 aliphatic carbocycles. The zero-order chi connectivity index (χ0) is 19.9. The summed E-state index contributed by atoms with van der Waals surface area (Å²) in [6.45, 7) is 1.97. The van der Waals surface area contributed by atoms with E-state index < -0.39 is 17.6 Å². The van der Waals surface area contributed by atoms with Gasteiger partial charge in [-0.3, -0.25) is 4.79 Å². The molecule has 4 rings (SSSR count). The second kappa shape index (κ2) is 7.01. The van der Waals surface area contributed by atoms with Gasteiger partial charge in [0.15, 0.2) is 0 Å². The highest BCUT2D eigenvalue weighted by Crippen LogP contribution is 2.36. The fourth-order valence-electron chi connectivity index (χ4n) is 3.03. The molecule has 0 radical (unpaired) electrons. The molecule has 1 aromatic heterocycles. The number of carbonyl (C=O) groups excluding carboxylic acids is 1. The van der Waals surface area contributed by atoms with Gasteiger partial charge in [0.25, 0.3) is 5.91 Å². The van der Waals surface area contributed by atoms with E-state index in [0.717, 1.165) is 40.4 Å². The number of nitrogens with zero attached hydrogens (tertiary/aromatic N) is 2. The van der Waals surface area contributed by atoms with Gasteiger partial charge in [0, 0.05) is 22.6 Å². The first-order chi connectivity index (χ1) is 13.3. The van der Waals surface area contributed by atoms with Gasteiger partial charge < -0.3 is 5.32 Å². The Hall–Kier alpha value is -2.74. The molecule has 0 unspecified atom stereocenters. The van der Waals surface area contributed by atoms with E-state index in [1.807, 2.05) is 31.2 Å². The molecule has 0 saturated carbocycles. The molecule has 0 saturated heterocycles. The van der Waals surface area contributed by atoms with E-state index in [0.29, 0.717) is 11.6 Å². The van der Waals surface area contributed by atoms with Crippen LogP contribution in [0.2, 0.25) is 0 Å². The summed E-state index contributed by atoms with van der Waals surface area (Å²) in [5.74, 6) is 1.34. The monoisotopic (exact) mass is 403 g/mol. The van der Waals surface area contributed by atoms with E-state index in [9.17, 15) is 18.0 Å². The van der Waals surface area contributed by atoms with Crippen molar-refractivity contribution in [2.24, 2.45) is 0 Å². The van der Waals surface area contributed by atoms with Crippen LogP contribution in [0.15, 0.2) is 48.5 Å². The third-order valence-electron chi connectivity index (χ3n) is 4.51. The number of thioether (sulfide) groups is 1. The number of hydrogen-bond acceptors (Lipinski definition) is 3. The predicted octanol–water partition coefficient (Wildman–Crippen LogP) is 5.20. The Bertz CT molecular complexity index is 1040. The first-order valence-electron chi connectivity index (χ1n) is 8.57. The lowest BCUT2D eigenvalue weighted by atomic mass is 10.1. The maximum Gasteiger partial charge on any atom is 0.416 e. The van der Waals surface area contributed by atoms with Crippen LogP contribution in [0.3, 0.4) is 0 Å². The zero-order valence-corrected chi connectivity index (χ0v) is 15.7. The Morgan fingerprint density at radius 3 is 2.61 bits per heavy atom. The zero-order valence-electron chi connectivity index (χ0n) is 14.9. The second-order valence-corrected chi connectivity index (χ2v) is 7.53. The molecule has 0 spiro atoms. The summed E-state index contributed by atoms with van der Waals surface area (Å²) in [6.07, 6.45) is -4.50. The van der Waals surface area contributed by atoms with E-state index in [4.69, 9.17) is 0 Å². The summed E-state index contributed by atoms with van der Waals surface area (Å²) >= 11 is 1.68. The Morgan fingerprint density at radius 2 is 1.89 bits per heavy atom. The van der Waals surface area contributed by atoms with Crippen LogP contribution in [0.1, 0.15) is 32.7 Å². The van der Waals surface area contributed by atoms with Crippen molar-refractivity contribution in [2.45, 2.75) is 24.6 Å². The summed E-state index contributed by atoms with van der Waals surface area (Å²) in [4.78, 5) is 12.7. The lowest BCUT2D eigenvalue weighted by Crippen LogP contribution is -2.17. The van der Waals surface area contributed by atoms with Gasteiger partial charge in [-0.05, 0) is 37.3 Å². The minimum absolute atomic E-state index is 0.0501. The van der Waals surface area contributed by atoms with E-state index in [1.54, 1.807) is 16.4 Å². The highest BCUT2D eigenvalue weighted by molar-refractivity contribution is 7.98. The van der Waals surface area contributed by atoms with Gasteiger partial charge in [-0.2, -0.15) is 30.0 Å². The minimum Gasteiger partial charge on any atom is -0.306 e. The van der Waals surface area contributed by atoms with Gasteiger partial charge in [0.05, 0.1) is 16.9 Å². The number of hydrogen-bond donors (Lipinski definition) is 1. The number of anilines is 1. The van der Waals surface area contributed by atoms with Crippen molar-refractivity contribution < 1.29 is 18.0 Å². The Morgan fingerprint density at radius 1 is 1.14 bits per heavy atom. The van der Waals surface area contributed by atoms with Crippen LogP contribution in [0, 0.1) is 6.92 Å². The molecule has 0 bridgehead atoms. The fraction of sp³-hybridized carbons (Fsp3) is 0.200. The average Bonchev–Trinajstić information content (AvgIpc) is 3.24. The fourth-order valence-corrected chi connectivity index (χ4v) is 4.07. The van der Waals surface area contributed by atoms with E-state index >= 15 is 0 Å². The minimum atomic E-state index is -4.50. The molecule has 0 atom stereocenters. The third kappa shape index (κ3) is 3.52. The number of fused-ring (bicyclic) bond motifs is 1. The van der Waals surface area contributed by atoms with Crippen molar-refractivity contribution in [3.05, 3.63) is 76.5 Å². The van der Waals surface area contributed by atoms with Crippen LogP contribution in [0.4, 0.5) is 19.0 Å². The molecule has 1 N–H and O–H groups in total. The normalized spacial score (nSPS) is 13.4. The lowest BCUT2D eigenvalue weighted by Gasteiger charge is -2.12. The predicted molar refractivity (Wildman–Crippen MR) is 103 cm³/mol. The van der Waals surface area contributed by atoms with Gasteiger partial charge in [0.1, 0.15) is 5.82 Å². The number of benzene rings is 2. The first-order valence-corrected chi connectivity index (χ1v) is 9.72. The third-order valence-corrected chi connectivity index (χ3v) is 5.48. The van der Waals surface area contributed by atoms with Crippen molar-refractivity contribution in [1.29, 1.82) is 0 Å². The van der Waals surface area contributed by atoms with Crippen LogP contribution in [-0.2, 0) is 17.7 Å². The summed E-state index contributed by atoms with van der Waals surface area (Å²) in [7, 11) is 0. The largest absolute Gasteiger partial charge is 0.416 e. The molecule has 2 aromatic carbocycles. The molecule has 4 nitrogen and oxygen atoms in total. The molecule has 0 fully saturated rings. The number of aromatic nitrogens is 2. The van der Waals surface area contributed by atoms with Gasteiger partial charge in [-0.15, -0.1) is 0 Å². The highest BCUT2D eigenvalue weighted by Gasteiger charge is 2.31. The lowest BCUT2D eigenvalue weighted by molar-refractivity contribution is -0.137. The maximum atomic E-state index is 13.0. The van der Waals surface area contributed by atoms with Crippen molar-refractivity contribution in [2.75, 3.05) is 5.32 Å². The molecule has 2 heterocycles. The molecule has 1 amide bonds. The Kier molecular flexibility index (Phi) is 4.66. The number of aryl methyl sites for hydroxylation is 1.